The maximum Gasteiger partial charge on any atom is 0.327 e. The van der Waals surface area contributed by atoms with Gasteiger partial charge >= 0.3 is 5.97 Å². The number of aliphatic carboxylic acids is 1. The molecular weight excluding hydrogens is 467 g/mol. The lowest BCUT2D eigenvalue weighted by molar-refractivity contribution is -0.141. The summed E-state index contributed by atoms with van der Waals surface area (Å²) in [5.74, 6) is -0.833. The van der Waals surface area contributed by atoms with Crippen molar-refractivity contribution in [3.05, 3.63) is 93.1 Å². The highest BCUT2D eigenvalue weighted by atomic mass is 35.5. The predicted molar refractivity (Wildman–Crippen MR) is 124 cm³/mol. The predicted octanol–water partition coefficient (Wildman–Crippen LogP) is 4.28. The summed E-state index contributed by atoms with van der Waals surface area (Å²) >= 11 is 12.2. The molecule has 0 radical (unpaired) electrons. The Labute approximate surface area is 198 Å². The van der Waals surface area contributed by atoms with E-state index in [2.05, 4.69) is 10.3 Å². The zero-order chi connectivity index (χ0) is 23.5. The first kappa shape index (κ1) is 22.6. The van der Waals surface area contributed by atoms with E-state index in [-0.39, 0.29) is 11.6 Å². The van der Waals surface area contributed by atoms with Crippen molar-refractivity contribution in [2.45, 2.75) is 12.5 Å². The number of nitrogens with zero attached hydrogens (tertiary/aromatic N) is 4. The third kappa shape index (κ3) is 4.76. The van der Waals surface area contributed by atoms with E-state index in [1.807, 2.05) is 30.3 Å². The van der Waals surface area contributed by atoms with E-state index in [1.54, 1.807) is 18.2 Å². The van der Waals surface area contributed by atoms with Crippen LogP contribution in [0.5, 0.6) is 5.75 Å². The lowest BCUT2D eigenvalue weighted by Gasteiger charge is -2.19. The molecule has 0 saturated heterocycles. The Balaban J connectivity index is 1.85. The molecule has 10 heteroatoms. The van der Waals surface area contributed by atoms with E-state index in [0.29, 0.717) is 27.6 Å². The zero-order valence-corrected chi connectivity index (χ0v) is 18.9. The van der Waals surface area contributed by atoms with Crippen molar-refractivity contribution < 1.29 is 14.6 Å². The normalized spacial score (nSPS) is 11.8. The summed E-state index contributed by atoms with van der Waals surface area (Å²) in [5.41, 5.74) is 1.82. The van der Waals surface area contributed by atoms with E-state index in [9.17, 15) is 14.7 Å². The Morgan fingerprint density at radius 1 is 1.09 bits per heavy atom. The van der Waals surface area contributed by atoms with Crippen LogP contribution in [-0.4, -0.2) is 37.7 Å². The van der Waals surface area contributed by atoms with Gasteiger partial charge in [0.25, 0.3) is 5.56 Å². The lowest BCUT2D eigenvalue weighted by atomic mass is 10.0. The largest absolute Gasteiger partial charge is 0.495 e. The van der Waals surface area contributed by atoms with E-state index >= 15 is 0 Å². The maximum absolute atomic E-state index is 13.1. The molecule has 0 spiro atoms. The van der Waals surface area contributed by atoms with Gasteiger partial charge in [0.15, 0.2) is 5.15 Å². The van der Waals surface area contributed by atoms with Gasteiger partial charge in [-0.25, -0.2) is 9.48 Å². The third-order valence-electron chi connectivity index (χ3n) is 5.12. The van der Waals surface area contributed by atoms with Gasteiger partial charge in [0.05, 0.1) is 25.2 Å². The molecule has 4 aromatic rings. The quantitative estimate of drug-likeness (QED) is 0.420. The number of hydrogen-bond acceptors (Lipinski definition) is 5. The average Bonchev–Trinajstić information content (AvgIpc) is 3.24. The van der Waals surface area contributed by atoms with E-state index in [1.165, 1.54) is 30.3 Å². The Hall–Kier alpha value is -3.62. The highest BCUT2D eigenvalue weighted by Gasteiger charge is 2.24. The number of benzene rings is 2. The van der Waals surface area contributed by atoms with Gasteiger partial charge < -0.3 is 9.84 Å². The van der Waals surface area contributed by atoms with E-state index < -0.39 is 17.6 Å². The molecule has 2 aromatic heterocycles. The highest BCUT2D eigenvalue weighted by Crippen LogP contribution is 2.35. The van der Waals surface area contributed by atoms with Crippen LogP contribution in [0.3, 0.4) is 0 Å². The molecule has 8 nitrogen and oxygen atoms in total. The van der Waals surface area contributed by atoms with Crippen LogP contribution in [0.4, 0.5) is 0 Å². The summed E-state index contributed by atoms with van der Waals surface area (Å²) in [6, 6.07) is 14.4. The summed E-state index contributed by atoms with van der Waals surface area (Å²) in [6.07, 6.45) is 3.05. The van der Waals surface area contributed by atoms with Crippen LogP contribution in [0.25, 0.3) is 16.8 Å². The summed E-state index contributed by atoms with van der Waals surface area (Å²) < 4.78 is 8.16. The second-order valence-corrected chi connectivity index (χ2v) is 8.02. The minimum absolute atomic E-state index is 0.137. The minimum Gasteiger partial charge on any atom is -0.495 e. The fraction of sp³-hybridized carbons (Fsp3) is 0.130. The number of carboxylic acid groups (broad SMARTS) is 1. The van der Waals surface area contributed by atoms with Crippen molar-refractivity contribution in [2.24, 2.45) is 0 Å². The standard InChI is InChI=1S/C23H18Cl2N4O4/c1-33-20-12-28(19(23(31)32)9-14-5-3-2-4-6-14)22(30)11-17(20)16-10-15(24)7-8-18(16)29-13-21(25)26-27-29/h2-8,10-13,19H,9H2,1H3,(H,31,32). The Kier molecular flexibility index (Phi) is 6.48. The van der Waals surface area contributed by atoms with Crippen LogP contribution in [0.15, 0.2) is 71.8 Å². The molecule has 4 rings (SSSR count). The number of methoxy groups -OCH3 is 1. The molecule has 33 heavy (non-hydrogen) atoms. The van der Waals surface area contributed by atoms with E-state index in [4.69, 9.17) is 27.9 Å². The average molecular weight is 485 g/mol. The Morgan fingerprint density at radius 2 is 1.85 bits per heavy atom. The number of ether oxygens (including phenoxy) is 1. The molecular formula is C23H18Cl2N4O4. The number of carboxylic acids is 1. The van der Waals surface area contributed by atoms with Gasteiger partial charge in [-0.05, 0) is 23.8 Å². The van der Waals surface area contributed by atoms with Gasteiger partial charge in [-0.1, -0.05) is 58.7 Å². The molecule has 0 bridgehead atoms. The highest BCUT2D eigenvalue weighted by molar-refractivity contribution is 6.31. The zero-order valence-electron chi connectivity index (χ0n) is 17.4. The van der Waals surface area contributed by atoms with Crippen LogP contribution < -0.4 is 10.3 Å². The van der Waals surface area contributed by atoms with Crippen LogP contribution in [0, 0.1) is 0 Å². The molecule has 2 aromatic carbocycles. The molecule has 0 amide bonds. The fourth-order valence-electron chi connectivity index (χ4n) is 3.57. The van der Waals surface area contributed by atoms with Crippen molar-refractivity contribution >= 4 is 29.2 Å². The number of carbonyl (C=O) groups is 1. The molecule has 1 N–H and O–H groups in total. The van der Waals surface area contributed by atoms with E-state index in [0.717, 1.165) is 10.1 Å². The summed E-state index contributed by atoms with van der Waals surface area (Å²) in [4.78, 5) is 25.2. The number of hydrogen-bond donors (Lipinski definition) is 1. The first-order valence-corrected chi connectivity index (χ1v) is 10.6. The van der Waals surface area contributed by atoms with Crippen molar-refractivity contribution in [3.8, 4) is 22.6 Å². The second-order valence-electron chi connectivity index (χ2n) is 7.19. The van der Waals surface area contributed by atoms with Gasteiger partial charge in [0.1, 0.15) is 11.8 Å². The van der Waals surface area contributed by atoms with Crippen molar-refractivity contribution in [1.82, 2.24) is 19.6 Å². The first-order chi connectivity index (χ1) is 15.9. The molecule has 0 fully saturated rings. The fourth-order valence-corrected chi connectivity index (χ4v) is 3.87. The molecule has 1 unspecified atom stereocenters. The molecule has 2 heterocycles. The molecule has 0 aliphatic carbocycles. The SMILES string of the molecule is COc1cn(C(Cc2ccccc2)C(=O)O)c(=O)cc1-c1cc(Cl)ccc1-n1cc(Cl)nn1. The number of halogens is 2. The monoisotopic (exact) mass is 484 g/mol. The molecule has 0 aliphatic rings. The topological polar surface area (TPSA) is 99.2 Å². The van der Waals surface area contributed by atoms with Crippen molar-refractivity contribution in [3.63, 3.8) is 0 Å². The smallest absolute Gasteiger partial charge is 0.327 e. The number of rotatable bonds is 7. The third-order valence-corrected chi connectivity index (χ3v) is 5.53. The molecule has 0 aliphatic heterocycles. The maximum atomic E-state index is 13.1. The molecule has 0 saturated carbocycles. The Morgan fingerprint density at radius 3 is 2.48 bits per heavy atom. The van der Waals surface area contributed by atoms with Gasteiger partial charge in [0, 0.05) is 28.6 Å². The molecule has 1 atom stereocenters. The van der Waals surface area contributed by atoms with Gasteiger partial charge in [0.2, 0.25) is 0 Å². The van der Waals surface area contributed by atoms with Crippen molar-refractivity contribution in [1.29, 1.82) is 0 Å². The van der Waals surface area contributed by atoms with Crippen LogP contribution >= 0.6 is 23.2 Å². The molecule has 168 valence electrons. The van der Waals surface area contributed by atoms with Crippen molar-refractivity contribution in [2.75, 3.05) is 7.11 Å². The lowest BCUT2D eigenvalue weighted by Crippen LogP contribution is -2.31. The second kappa shape index (κ2) is 9.48. The van der Waals surface area contributed by atoms with Crippen LogP contribution in [0.2, 0.25) is 10.2 Å². The Bertz CT molecular complexity index is 1370. The number of pyridine rings is 1. The summed E-state index contributed by atoms with van der Waals surface area (Å²) in [5, 5.41) is 18.2. The minimum atomic E-state index is -1.13. The van der Waals surface area contributed by atoms with Gasteiger partial charge in [-0.2, -0.15) is 0 Å². The summed E-state index contributed by atoms with van der Waals surface area (Å²) in [7, 11) is 1.44. The number of aromatic nitrogens is 4. The van der Waals surface area contributed by atoms with Gasteiger partial charge in [-0.3, -0.25) is 9.36 Å². The summed E-state index contributed by atoms with van der Waals surface area (Å²) in [6.45, 7) is 0. The van der Waals surface area contributed by atoms with Crippen LogP contribution in [0.1, 0.15) is 11.6 Å². The first-order valence-electron chi connectivity index (χ1n) is 9.82. The van der Waals surface area contributed by atoms with Crippen LogP contribution in [-0.2, 0) is 11.2 Å². The van der Waals surface area contributed by atoms with Gasteiger partial charge in [-0.15, -0.1) is 5.10 Å².